The van der Waals surface area contributed by atoms with Gasteiger partial charge in [-0.1, -0.05) is 0 Å². The standard InChI is InChI=1S/C10H20N2O2/c1-10(2,3)14-9(13)12-6-8(7-12)5-11-4/h8,11H,5-7H2,1-4H3. The van der Waals surface area contributed by atoms with Crippen molar-refractivity contribution in [3.63, 3.8) is 0 Å². The molecule has 0 spiro atoms. The molecule has 0 aliphatic carbocycles. The Labute approximate surface area is 85.6 Å². The summed E-state index contributed by atoms with van der Waals surface area (Å²) in [4.78, 5) is 13.2. The summed E-state index contributed by atoms with van der Waals surface area (Å²) in [5.41, 5.74) is -0.384. The fourth-order valence-corrected chi connectivity index (χ4v) is 1.46. The van der Waals surface area contributed by atoms with Crippen LogP contribution in [0, 0.1) is 5.92 Å². The van der Waals surface area contributed by atoms with Crippen LogP contribution in [-0.4, -0.2) is 43.3 Å². The first-order chi connectivity index (χ1) is 6.42. The first-order valence-corrected chi connectivity index (χ1v) is 5.05. The van der Waals surface area contributed by atoms with Gasteiger partial charge in [0.2, 0.25) is 0 Å². The summed E-state index contributed by atoms with van der Waals surface area (Å²) in [6.45, 7) is 8.26. The summed E-state index contributed by atoms with van der Waals surface area (Å²) < 4.78 is 5.23. The molecule has 0 radical (unpaired) electrons. The fourth-order valence-electron chi connectivity index (χ4n) is 1.46. The largest absolute Gasteiger partial charge is 0.444 e. The van der Waals surface area contributed by atoms with E-state index in [2.05, 4.69) is 5.32 Å². The third-order valence-corrected chi connectivity index (χ3v) is 2.10. The highest BCUT2D eigenvalue weighted by Crippen LogP contribution is 2.18. The lowest BCUT2D eigenvalue weighted by atomic mass is 10.0. The molecule has 4 nitrogen and oxygen atoms in total. The average molecular weight is 200 g/mol. The van der Waals surface area contributed by atoms with Gasteiger partial charge >= 0.3 is 6.09 Å². The number of rotatable bonds is 2. The van der Waals surface area contributed by atoms with E-state index in [0.29, 0.717) is 5.92 Å². The maximum atomic E-state index is 11.5. The van der Waals surface area contributed by atoms with Crippen molar-refractivity contribution in [2.45, 2.75) is 26.4 Å². The van der Waals surface area contributed by atoms with Gasteiger partial charge in [0.05, 0.1) is 0 Å². The maximum Gasteiger partial charge on any atom is 0.410 e. The normalized spacial score (nSPS) is 17.9. The molecule has 1 heterocycles. The van der Waals surface area contributed by atoms with E-state index in [1.165, 1.54) is 0 Å². The zero-order valence-corrected chi connectivity index (χ0v) is 9.46. The number of likely N-dealkylation sites (tertiary alicyclic amines) is 1. The highest BCUT2D eigenvalue weighted by molar-refractivity contribution is 5.69. The van der Waals surface area contributed by atoms with Crippen molar-refractivity contribution in [3.05, 3.63) is 0 Å². The molecule has 14 heavy (non-hydrogen) atoms. The van der Waals surface area contributed by atoms with E-state index >= 15 is 0 Å². The molecule has 0 aromatic rings. The molecule has 0 saturated carbocycles. The molecular weight excluding hydrogens is 180 g/mol. The van der Waals surface area contributed by atoms with E-state index in [-0.39, 0.29) is 11.7 Å². The first-order valence-electron chi connectivity index (χ1n) is 5.05. The molecule has 0 atom stereocenters. The zero-order valence-electron chi connectivity index (χ0n) is 9.46. The van der Waals surface area contributed by atoms with Gasteiger partial charge in [0.15, 0.2) is 0 Å². The molecule has 1 aliphatic heterocycles. The first kappa shape index (κ1) is 11.3. The van der Waals surface area contributed by atoms with E-state index in [0.717, 1.165) is 19.6 Å². The molecule has 1 rings (SSSR count). The van der Waals surface area contributed by atoms with Crippen molar-refractivity contribution >= 4 is 6.09 Å². The van der Waals surface area contributed by atoms with Gasteiger partial charge in [-0.25, -0.2) is 4.79 Å². The topological polar surface area (TPSA) is 41.6 Å². The Morgan fingerprint density at radius 3 is 2.50 bits per heavy atom. The zero-order chi connectivity index (χ0) is 10.8. The quantitative estimate of drug-likeness (QED) is 0.725. The lowest BCUT2D eigenvalue weighted by Crippen LogP contribution is -2.54. The second-order valence-electron chi connectivity index (χ2n) is 4.81. The molecule has 1 amide bonds. The molecule has 1 aliphatic rings. The Bertz CT molecular complexity index is 205. The van der Waals surface area contributed by atoms with Crippen LogP contribution in [0.15, 0.2) is 0 Å². The Balaban J connectivity index is 2.23. The van der Waals surface area contributed by atoms with Gasteiger partial charge in [-0.3, -0.25) is 0 Å². The predicted molar refractivity (Wildman–Crippen MR) is 55.2 cm³/mol. The summed E-state index contributed by atoms with van der Waals surface area (Å²) in [6.07, 6.45) is -0.190. The maximum absolute atomic E-state index is 11.5. The van der Waals surface area contributed by atoms with Gasteiger partial charge in [0.25, 0.3) is 0 Å². The molecule has 0 aromatic carbocycles. The van der Waals surface area contributed by atoms with Crippen LogP contribution >= 0.6 is 0 Å². The lowest BCUT2D eigenvalue weighted by molar-refractivity contribution is -0.000528. The third-order valence-electron chi connectivity index (χ3n) is 2.10. The van der Waals surface area contributed by atoms with Crippen LogP contribution in [0.2, 0.25) is 0 Å². The van der Waals surface area contributed by atoms with Crippen molar-refractivity contribution in [2.75, 3.05) is 26.7 Å². The van der Waals surface area contributed by atoms with E-state index in [4.69, 9.17) is 4.74 Å². The fraction of sp³-hybridized carbons (Fsp3) is 0.900. The second-order valence-corrected chi connectivity index (χ2v) is 4.81. The minimum atomic E-state index is -0.384. The van der Waals surface area contributed by atoms with Crippen molar-refractivity contribution < 1.29 is 9.53 Å². The molecular formula is C10H20N2O2. The van der Waals surface area contributed by atoms with Crippen LogP contribution in [0.1, 0.15) is 20.8 Å². The number of carbonyl (C=O) groups is 1. The van der Waals surface area contributed by atoms with Crippen molar-refractivity contribution in [1.29, 1.82) is 0 Å². The van der Waals surface area contributed by atoms with Crippen LogP contribution in [0.5, 0.6) is 0 Å². The van der Waals surface area contributed by atoms with Gasteiger partial charge in [0.1, 0.15) is 5.60 Å². The minimum Gasteiger partial charge on any atom is -0.444 e. The van der Waals surface area contributed by atoms with Crippen LogP contribution in [0.4, 0.5) is 4.79 Å². The van der Waals surface area contributed by atoms with Gasteiger partial charge in [-0.05, 0) is 27.8 Å². The Morgan fingerprint density at radius 1 is 1.50 bits per heavy atom. The number of hydrogen-bond acceptors (Lipinski definition) is 3. The Hall–Kier alpha value is -0.770. The summed E-state index contributed by atoms with van der Waals surface area (Å²) in [5.74, 6) is 0.590. The Kier molecular flexibility index (Phi) is 3.37. The lowest BCUT2D eigenvalue weighted by Gasteiger charge is -2.39. The molecule has 1 saturated heterocycles. The number of ether oxygens (including phenoxy) is 1. The van der Waals surface area contributed by atoms with Crippen molar-refractivity contribution in [3.8, 4) is 0 Å². The molecule has 82 valence electrons. The highest BCUT2D eigenvalue weighted by Gasteiger charge is 2.32. The monoisotopic (exact) mass is 200 g/mol. The molecule has 0 aromatic heterocycles. The highest BCUT2D eigenvalue weighted by atomic mass is 16.6. The van der Waals surface area contributed by atoms with Crippen molar-refractivity contribution in [1.82, 2.24) is 10.2 Å². The molecule has 1 fully saturated rings. The predicted octanol–water partition coefficient (Wildman–Crippen LogP) is 1.07. The van der Waals surface area contributed by atoms with Gasteiger partial charge in [-0.15, -0.1) is 0 Å². The number of amides is 1. The van der Waals surface area contributed by atoms with E-state index in [9.17, 15) is 4.79 Å². The Morgan fingerprint density at radius 2 is 2.07 bits per heavy atom. The van der Waals surface area contributed by atoms with Crippen LogP contribution in [0.25, 0.3) is 0 Å². The SMILES string of the molecule is CNCC1CN(C(=O)OC(C)(C)C)C1. The van der Waals surface area contributed by atoms with Crippen LogP contribution in [-0.2, 0) is 4.74 Å². The molecule has 4 heteroatoms. The number of hydrogen-bond donors (Lipinski definition) is 1. The summed E-state index contributed by atoms with van der Waals surface area (Å²) in [5, 5.41) is 3.10. The van der Waals surface area contributed by atoms with Gasteiger partial charge in [0, 0.05) is 25.6 Å². The number of carbonyl (C=O) groups excluding carboxylic acids is 1. The minimum absolute atomic E-state index is 0.190. The van der Waals surface area contributed by atoms with Crippen LogP contribution < -0.4 is 5.32 Å². The second kappa shape index (κ2) is 4.17. The summed E-state index contributed by atoms with van der Waals surface area (Å²) >= 11 is 0. The number of nitrogens with zero attached hydrogens (tertiary/aromatic N) is 1. The average Bonchev–Trinajstić information content (AvgIpc) is 1.91. The van der Waals surface area contributed by atoms with Crippen molar-refractivity contribution in [2.24, 2.45) is 5.92 Å². The molecule has 0 unspecified atom stereocenters. The third kappa shape index (κ3) is 3.18. The summed E-state index contributed by atoms with van der Waals surface area (Å²) in [7, 11) is 1.93. The van der Waals surface area contributed by atoms with Gasteiger partial charge in [-0.2, -0.15) is 0 Å². The van der Waals surface area contributed by atoms with E-state index in [1.54, 1.807) is 4.90 Å². The van der Waals surface area contributed by atoms with E-state index < -0.39 is 0 Å². The van der Waals surface area contributed by atoms with Gasteiger partial charge < -0.3 is 15.0 Å². The molecule has 0 bridgehead atoms. The van der Waals surface area contributed by atoms with Crippen LogP contribution in [0.3, 0.4) is 0 Å². The number of nitrogens with one attached hydrogen (secondary N) is 1. The van der Waals surface area contributed by atoms with E-state index in [1.807, 2.05) is 27.8 Å². The smallest absolute Gasteiger partial charge is 0.410 e. The molecule has 1 N–H and O–H groups in total. The summed E-state index contributed by atoms with van der Waals surface area (Å²) in [6, 6.07) is 0.